The van der Waals surface area contributed by atoms with E-state index in [1.165, 1.54) is 6.20 Å². The van der Waals surface area contributed by atoms with Crippen LogP contribution in [0.3, 0.4) is 0 Å². The zero-order valence-electron chi connectivity index (χ0n) is 12.8. The smallest absolute Gasteiger partial charge is 0.320 e. The molecule has 24 heavy (non-hydrogen) atoms. The minimum atomic E-state index is -0.348. The van der Waals surface area contributed by atoms with E-state index in [0.29, 0.717) is 41.2 Å². The lowest BCUT2D eigenvalue weighted by Gasteiger charge is -2.08. The third-order valence-corrected chi connectivity index (χ3v) is 3.40. The monoisotopic (exact) mass is 346 g/mol. The molecule has 3 aromatic heterocycles. The van der Waals surface area contributed by atoms with Gasteiger partial charge in [0.05, 0.1) is 11.3 Å². The first-order valence-electron chi connectivity index (χ1n) is 7.24. The molecule has 124 valence electrons. The number of nitrogens with zero attached hydrogens (tertiary/aromatic N) is 3. The quantitative estimate of drug-likeness (QED) is 0.658. The number of hydrogen-bond acceptors (Lipinski definition) is 5. The Morgan fingerprint density at radius 1 is 1.46 bits per heavy atom. The van der Waals surface area contributed by atoms with Crippen molar-refractivity contribution in [3.63, 3.8) is 0 Å². The van der Waals surface area contributed by atoms with E-state index < -0.39 is 0 Å². The van der Waals surface area contributed by atoms with Gasteiger partial charge in [0.25, 0.3) is 0 Å². The van der Waals surface area contributed by atoms with E-state index in [0.717, 1.165) is 5.56 Å². The van der Waals surface area contributed by atoms with E-state index in [2.05, 4.69) is 30.8 Å². The Bertz CT molecular complexity index is 830. The number of carbonyl (C=O) groups excluding carboxylic acids is 1. The van der Waals surface area contributed by atoms with Crippen molar-refractivity contribution in [2.75, 3.05) is 11.9 Å². The van der Waals surface area contributed by atoms with E-state index in [-0.39, 0.29) is 6.03 Å². The molecule has 0 aliphatic rings. The van der Waals surface area contributed by atoms with Crippen molar-refractivity contribution in [2.45, 2.75) is 13.3 Å². The molecule has 3 rings (SSSR count). The van der Waals surface area contributed by atoms with E-state index in [4.69, 9.17) is 16.0 Å². The average molecular weight is 347 g/mol. The molecule has 0 unspecified atom stereocenters. The van der Waals surface area contributed by atoms with Crippen LogP contribution < -0.4 is 10.6 Å². The summed E-state index contributed by atoms with van der Waals surface area (Å²) in [5.41, 5.74) is 0.788. The normalized spacial score (nSPS) is 10.6. The fourth-order valence-corrected chi connectivity index (χ4v) is 2.25. The van der Waals surface area contributed by atoms with Gasteiger partial charge in [-0.05, 0) is 30.7 Å². The number of pyridine rings is 1. The van der Waals surface area contributed by atoms with Crippen molar-refractivity contribution < 1.29 is 9.21 Å². The molecule has 0 aliphatic carbocycles. The SMILES string of the molecule is Cc1cc(Cl)cnc1NC(=O)NCCc1nc(-c2ccco2)n[nH]1. The van der Waals surface area contributed by atoms with Crippen LogP contribution in [0.2, 0.25) is 5.02 Å². The van der Waals surface area contributed by atoms with Gasteiger partial charge in [0, 0.05) is 19.2 Å². The maximum Gasteiger partial charge on any atom is 0.320 e. The first kappa shape index (κ1) is 16.0. The summed E-state index contributed by atoms with van der Waals surface area (Å²) in [5, 5.41) is 12.8. The van der Waals surface area contributed by atoms with Crippen molar-refractivity contribution >= 4 is 23.4 Å². The number of H-pyrrole nitrogens is 1. The van der Waals surface area contributed by atoms with Crippen LogP contribution in [-0.4, -0.2) is 32.7 Å². The van der Waals surface area contributed by atoms with E-state index in [1.54, 1.807) is 24.5 Å². The lowest BCUT2D eigenvalue weighted by atomic mass is 10.3. The van der Waals surface area contributed by atoms with Crippen LogP contribution in [0.4, 0.5) is 10.6 Å². The molecular formula is C15H15ClN6O2. The zero-order valence-corrected chi connectivity index (χ0v) is 13.6. The second kappa shape index (κ2) is 7.14. The van der Waals surface area contributed by atoms with E-state index >= 15 is 0 Å². The summed E-state index contributed by atoms with van der Waals surface area (Å²) in [6, 6.07) is 4.93. The van der Waals surface area contributed by atoms with Gasteiger partial charge in [-0.1, -0.05) is 11.6 Å². The third kappa shape index (κ3) is 3.90. The molecule has 0 fully saturated rings. The minimum Gasteiger partial charge on any atom is -0.461 e. The number of aromatic amines is 1. The molecule has 0 saturated heterocycles. The van der Waals surface area contributed by atoms with Crippen molar-refractivity contribution in [2.24, 2.45) is 0 Å². The van der Waals surface area contributed by atoms with Gasteiger partial charge in [0.2, 0.25) is 5.82 Å². The lowest BCUT2D eigenvalue weighted by molar-refractivity contribution is 0.252. The van der Waals surface area contributed by atoms with Crippen LogP contribution >= 0.6 is 11.6 Å². The number of carbonyl (C=O) groups is 1. The molecule has 0 radical (unpaired) electrons. The topological polar surface area (TPSA) is 109 Å². The highest BCUT2D eigenvalue weighted by Crippen LogP contribution is 2.16. The molecule has 0 atom stereocenters. The predicted molar refractivity (Wildman–Crippen MR) is 88.8 cm³/mol. The first-order valence-corrected chi connectivity index (χ1v) is 7.62. The van der Waals surface area contributed by atoms with Crippen molar-refractivity contribution in [3.05, 3.63) is 47.1 Å². The summed E-state index contributed by atoms with van der Waals surface area (Å²) >= 11 is 5.83. The molecule has 2 amide bonds. The predicted octanol–water partition coefficient (Wildman–Crippen LogP) is 2.79. The molecular weight excluding hydrogens is 332 g/mol. The number of nitrogens with one attached hydrogen (secondary N) is 3. The van der Waals surface area contributed by atoms with Gasteiger partial charge < -0.3 is 9.73 Å². The molecule has 0 bridgehead atoms. The van der Waals surface area contributed by atoms with Gasteiger partial charge >= 0.3 is 6.03 Å². The minimum absolute atomic E-state index is 0.348. The highest BCUT2D eigenvalue weighted by Gasteiger charge is 2.09. The molecule has 0 aromatic carbocycles. The Morgan fingerprint density at radius 3 is 3.08 bits per heavy atom. The van der Waals surface area contributed by atoms with Crippen molar-refractivity contribution in [1.82, 2.24) is 25.5 Å². The van der Waals surface area contributed by atoms with Gasteiger partial charge in [-0.15, -0.1) is 0 Å². The Kier molecular flexibility index (Phi) is 4.76. The molecule has 3 heterocycles. The highest BCUT2D eigenvalue weighted by molar-refractivity contribution is 6.30. The Labute approximate surface area is 142 Å². The number of hydrogen-bond donors (Lipinski definition) is 3. The number of rotatable bonds is 5. The molecule has 3 aromatic rings. The number of aryl methyl sites for hydroxylation is 1. The number of aromatic nitrogens is 4. The lowest BCUT2D eigenvalue weighted by Crippen LogP contribution is -2.31. The van der Waals surface area contributed by atoms with Gasteiger partial charge in [-0.25, -0.2) is 14.8 Å². The molecule has 0 spiro atoms. The standard InChI is InChI=1S/C15H15ClN6O2/c1-9-7-10(16)8-18-13(9)20-15(23)17-5-4-12-19-14(22-21-12)11-3-2-6-24-11/h2-3,6-8H,4-5H2,1H3,(H,19,21,22)(H2,17,18,20,23). The fourth-order valence-electron chi connectivity index (χ4n) is 2.04. The molecule has 0 saturated carbocycles. The van der Waals surface area contributed by atoms with E-state index in [9.17, 15) is 4.79 Å². The van der Waals surface area contributed by atoms with Crippen LogP contribution in [0.1, 0.15) is 11.4 Å². The van der Waals surface area contributed by atoms with Gasteiger partial charge in [0.1, 0.15) is 11.6 Å². The Balaban J connectivity index is 1.48. The molecule has 8 nitrogen and oxygen atoms in total. The number of anilines is 1. The third-order valence-electron chi connectivity index (χ3n) is 3.20. The second-order valence-electron chi connectivity index (χ2n) is 5.03. The molecule has 3 N–H and O–H groups in total. The zero-order chi connectivity index (χ0) is 16.9. The number of amides is 2. The van der Waals surface area contributed by atoms with Gasteiger partial charge in [-0.2, -0.15) is 5.10 Å². The summed E-state index contributed by atoms with van der Waals surface area (Å²) in [6.07, 6.45) is 3.55. The molecule has 9 heteroatoms. The van der Waals surface area contributed by atoms with Crippen molar-refractivity contribution in [3.8, 4) is 11.6 Å². The van der Waals surface area contributed by atoms with Crippen LogP contribution in [0, 0.1) is 6.92 Å². The number of urea groups is 1. The van der Waals surface area contributed by atoms with E-state index in [1.807, 2.05) is 6.92 Å². The van der Waals surface area contributed by atoms with Crippen LogP contribution in [0.5, 0.6) is 0 Å². The largest absolute Gasteiger partial charge is 0.461 e. The highest BCUT2D eigenvalue weighted by atomic mass is 35.5. The first-order chi connectivity index (χ1) is 11.6. The summed E-state index contributed by atoms with van der Waals surface area (Å²) in [5.74, 6) is 2.20. The van der Waals surface area contributed by atoms with Crippen LogP contribution in [-0.2, 0) is 6.42 Å². The maximum absolute atomic E-state index is 11.9. The summed E-state index contributed by atoms with van der Waals surface area (Å²) in [6.45, 7) is 2.21. The van der Waals surface area contributed by atoms with Crippen molar-refractivity contribution in [1.29, 1.82) is 0 Å². The fraction of sp³-hybridized carbons (Fsp3) is 0.200. The van der Waals surface area contributed by atoms with Gasteiger partial charge in [0.15, 0.2) is 5.76 Å². The summed E-state index contributed by atoms with van der Waals surface area (Å²) < 4.78 is 5.22. The summed E-state index contributed by atoms with van der Waals surface area (Å²) in [7, 11) is 0. The number of halogens is 1. The second-order valence-corrected chi connectivity index (χ2v) is 5.47. The maximum atomic E-state index is 11.9. The average Bonchev–Trinajstić information content (AvgIpc) is 3.21. The van der Waals surface area contributed by atoms with Crippen LogP contribution in [0.15, 0.2) is 35.1 Å². The Hall–Kier alpha value is -2.87. The molecule has 0 aliphatic heterocycles. The number of furan rings is 1. The Morgan fingerprint density at radius 2 is 2.33 bits per heavy atom. The van der Waals surface area contributed by atoms with Crippen LogP contribution in [0.25, 0.3) is 11.6 Å². The van der Waals surface area contributed by atoms with Gasteiger partial charge in [-0.3, -0.25) is 10.4 Å². The summed E-state index contributed by atoms with van der Waals surface area (Å²) in [4.78, 5) is 20.2.